The molecule has 0 spiro atoms. The molecule has 2 nitrogen and oxygen atoms in total. The molecule has 0 amide bonds. The topological polar surface area (TPSA) is 52.0 Å². The molecule has 0 atom stereocenters. The summed E-state index contributed by atoms with van der Waals surface area (Å²) in [6, 6.07) is 5.47. The highest BCUT2D eigenvalue weighted by atomic mass is 14.6. The van der Waals surface area contributed by atoms with E-state index in [4.69, 9.17) is 11.5 Å². The molecule has 1 aromatic rings. The van der Waals surface area contributed by atoms with Crippen LogP contribution in [0, 0.1) is 0 Å². The molecule has 1 rings (SSSR count). The number of allylic oxidation sites excluding steroid dienone is 2. The van der Waals surface area contributed by atoms with Crippen molar-refractivity contribution in [3.05, 3.63) is 42.5 Å². The number of hydrogen-bond donors (Lipinski definition) is 2. The van der Waals surface area contributed by atoms with Crippen LogP contribution < -0.4 is 11.5 Å². The van der Waals surface area contributed by atoms with Gasteiger partial charge >= 0.3 is 0 Å². The fourth-order valence-electron chi connectivity index (χ4n) is 0.958. The van der Waals surface area contributed by atoms with Crippen LogP contribution in [0.4, 0.5) is 11.4 Å². The normalized spacial score (nSPS) is 10.3. The lowest BCUT2D eigenvalue weighted by molar-refractivity contribution is 1.62. The Morgan fingerprint density at radius 3 is 2.25 bits per heavy atom. The van der Waals surface area contributed by atoms with Crippen LogP contribution in [0.1, 0.15) is 5.56 Å². The molecule has 4 N–H and O–H groups in total. The minimum absolute atomic E-state index is 0.688. The van der Waals surface area contributed by atoms with Gasteiger partial charge in [-0.2, -0.15) is 0 Å². The molecular formula is C10H12N2. The first-order valence-corrected chi connectivity index (χ1v) is 3.68. The van der Waals surface area contributed by atoms with Crippen molar-refractivity contribution in [1.82, 2.24) is 0 Å². The van der Waals surface area contributed by atoms with Crippen LogP contribution in [0.3, 0.4) is 0 Å². The van der Waals surface area contributed by atoms with Gasteiger partial charge < -0.3 is 11.5 Å². The average Bonchev–Trinajstić information content (AvgIpc) is 2.04. The number of anilines is 2. The second kappa shape index (κ2) is 3.62. The fraction of sp³-hybridized carbons (Fsp3) is 0. The van der Waals surface area contributed by atoms with E-state index in [0.717, 1.165) is 5.56 Å². The first-order chi connectivity index (χ1) is 5.75. The Morgan fingerprint density at radius 2 is 1.75 bits per heavy atom. The summed E-state index contributed by atoms with van der Waals surface area (Å²) in [6.45, 7) is 3.57. The maximum absolute atomic E-state index is 5.70. The standard InChI is InChI=1S/C10H12N2/c1-2-3-5-8-9(11)6-4-7-10(8)12/h2-7H,1,11-12H2/b5-3-. The number of benzene rings is 1. The number of rotatable bonds is 2. The van der Waals surface area contributed by atoms with Gasteiger partial charge in [-0.1, -0.05) is 30.9 Å². The summed E-state index contributed by atoms with van der Waals surface area (Å²) in [4.78, 5) is 0. The molecule has 1 aromatic carbocycles. The summed E-state index contributed by atoms with van der Waals surface area (Å²) in [5.74, 6) is 0. The third-order valence-electron chi connectivity index (χ3n) is 1.57. The van der Waals surface area contributed by atoms with Crippen LogP contribution in [-0.2, 0) is 0 Å². The van der Waals surface area contributed by atoms with Crippen molar-refractivity contribution in [2.75, 3.05) is 11.5 Å². The van der Waals surface area contributed by atoms with Gasteiger partial charge in [0.05, 0.1) is 0 Å². The molecule has 0 aliphatic carbocycles. The van der Waals surface area contributed by atoms with E-state index in [9.17, 15) is 0 Å². The molecule has 0 aliphatic heterocycles. The van der Waals surface area contributed by atoms with Gasteiger partial charge in [-0.25, -0.2) is 0 Å². The smallest absolute Gasteiger partial charge is 0.0408 e. The Bertz CT molecular complexity index is 293. The van der Waals surface area contributed by atoms with E-state index in [1.807, 2.05) is 30.4 Å². The third kappa shape index (κ3) is 1.66. The summed E-state index contributed by atoms with van der Waals surface area (Å²) >= 11 is 0. The van der Waals surface area contributed by atoms with Crippen LogP contribution in [-0.4, -0.2) is 0 Å². The average molecular weight is 160 g/mol. The number of hydrogen-bond acceptors (Lipinski definition) is 2. The van der Waals surface area contributed by atoms with Crippen LogP contribution in [0.15, 0.2) is 36.9 Å². The summed E-state index contributed by atoms with van der Waals surface area (Å²) in [5, 5.41) is 0. The SMILES string of the molecule is C=C/C=C\c1c(N)cccc1N. The minimum Gasteiger partial charge on any atom is -0.398 e. The van der Waals surface area contributed by atoms with Gasteiger partial charge in [-0.3, -0.25) is 0 Å². The monoisotopic (exact) mass is 160 g/mol. The lowest BCUT2D eigenvalue weighted by Crippen LogP contribution is -1.94. The number of nitrogens with two attached hydrogens (primary N) is 2. The van der Waals surface area contributed by atoms with Gasteiger partial charge in [-0.05, 0) is 12.1 Å². The maximum Gasteiger partial charge on any atom is 0.0408 e. The molecule has 0 aliphatic rings. The van der Waals surface area contributed by atoms with Gasteiger partial charge in [0.25, 0.3) is 0 Å². The molecular weight excluding hydrogens is 148 g/mol. The van der Waals surface area contributed by atoms with Crippen LogP contribution in [0.25, 0.3) is 6.08 Å². The molecule has 0 unspecified atom stereocenters. The zero-order valence-corrected chi connectivity index (χ0v) is 6.83. The third-order valence-corrected chi connectivity index (χ3v) is 1.57. The largest absolute Gasteiger partial charge is 0.398 e. The van der Waals surface area contributed by atoms with Crippen molar-refractivity contribution in [3.8, 4) is 0 Å². The molecule has 0 saturated heterocycles. The van der Waals surface area contributed by atoms with Crippen molar-refractivity contribution in [2.45, 2.75) is 0 Å². The zero-order valence-electron chi connectivity index (χ0n) is 6.83. The summed E-state index contributed by atoms with van der Waals surface area (Å²) in [7, 11) is 0. The molecule has 0 bridgehead atoms. The molecule has 0 fully saturated rings. The van der Waals surface area contributed by atoms with Gasteiger partial charge in [0, 0.05) is 16.9 Å². The van der Waals surface area contributed by atoms with Crippen molar-refractivity contribution < 1.29 is 0 Å². The highest BCUT2D eigenvalue weighted by Crippen LogP contribution is 2.20. The van der Waals surface area contributed by atoms with Crippen molar-refractivity contribution in [1.29, 1.82) is 0 Å². The maximum atomic E-state index is 5.70. The highest BCUT2D eigenvalue weighted by molar-refractivity contribution is 5.75. The molecule has 0 radical (unpaired) electrons. The summed E-state index contributed by atoms with van der Waals surface area (Å²) in [6.07, 6.45) is 5.34. The molecule has 0 aromatic heterocycles. The predicted molar refractivity (Wildman–Crippen MR) is 54.5 cm³/mol. The summed E-state index contributed by atoms with van der Waals surface area (Å²) in [5.41, 5.74) is 13.6. The fourth-order valence-corrected chi connectivity index (χ4v) is 0.958. The van der Waals surface area contributed by atoms with Gasteiger partial charge in [0.2, 0.25) is 0 Å². The van der Waals surface area contributed by atoms with Gasteiger partial charge in [-0.15, -0.1) is 0 Å². The first kappa shape index (κ1) is 8.40. The Hall–Kier alpha value is -1.70. The predicted octanol–water partition coefficient (Wildman–Crippen LogP) is 2.05. The zero-order chi connectivity index (χ0) is 8.97. The lowest BCUT2D eigenvalue weighted by Gasteiger charge is -2.02. The van der Waals surface area contributed by atoms with Crippen LogP contribution >= 0.6 is 0 Å². The summed E-state index contributed by atoms with van der Waals surface area (Å²) < 4.78 is 0. The molecule has 62 valence electrons. The van der Waals surface area contributed by atoms with E-state index >= 15 is 0 Å². The minimum atomic E-state index is 0.688. The first-order valence-electron chi connectivity index (χ1n) is 3.68. The van der Waals surface area contributed by atoms with Crippen LogP contribution in [0.5, 0.6) is 0 Å². The van der Waals surface area contributed by atoms with E-state index in [1.54, 1.807) is 6.08 Å². The molecule has 0 heterocycles. The van der Waals surface area contributed by atoms with E-state index in [2.05, 4.69) is 6.58 Å². The highest BCUT2D eigenvalue weighted by Gasteiger charge is 1.97. The quantitative estimate of drug-likeness (QED) is 0.514. The Labute approximate surface area is 72.2 Å². The number of nitrogen functional groups attached to an aromatic ring is 2. The van der Waals surface area contributed by atoms with Gasteiger partial charge in [0.15, 0.2) is 0 Å². The van der Waals surface area contributed by atoms with Crippen molar-refractivity contribution in [2.24, 2.45) is 0 Å². The lowest BCUT2D eigenvalue weighted by atomic mass is 10.1. The van der Waals surface area contributed by atoms with Crippen LogP contribution in [0.2, 0.25) is 0 Å². The Kier molecular flexibility index (Phi) is 2.53. The van der Waals surface area contributed by atoms with E-state index in [0.29, 0.717) is 11.4 Å². The van der Waals surface area contributed by atoms with E-state index in [-0.39, 0.29) is 0 Å². The van der Waals surface area contributed by atoms with E-state index in [1.165, 1.54) is 0 Å². The molecule has 12 heavy (non-hydrogen) atoms. The van der Waals surface area contributed by atoms with Crippen molar-refractivity contribution >= 4 is 17.5 Å². The molecule has 0 saturated carbocycles. The second-order valence-electron chi connectivity index (χ2n) is 2.44. The Morgan fingerprint density at radius 1 is 1.17 bits per heavy atom. The molecule has 2 heteroatoms. The Balaban J connectivity index is 3.12. The van der Waals surface area contributed by atoms with Gasteiger partial charge in [0.1, 0.15) is 0 Å². The second-order valence-corrected chi connectivity index (χ2v) is 2.44. The van der Waals surface area contributed by atoms with E-state index < -0.39 is 0 Å². The van der Waals surface area contributed by atoms with Crippen molar-refractivity contribution in [3.63, 3.8) is 0 Å².